The molecule has 2 fully saturated rings. The van der Waals surface area contributed by atoms with Gasteiger partial charge in [0.25, 0.3) is 0 Å². The molecule has 26 heavy (non-hydrogen) atoms. The van der Waals surface area contributed by atoms with Crippen LogP contribution >= 0.6 is 0 Å². The molecule has 0 radical (unpaired) electrons. The lowest BCUT2D eigenvalue weighted by molar-refractivity contribution is 0.260. The zero-order valence-electron chi connectivity index (χ0n) is 15.7. The summed E-state index contributed by atoms with van der Waals surface area (Å²) in [6, 6.07) is 19.2. The van der Waals surface area contributed by atoms with Crippen molar-refractivity contribution in [3.8, 4) is 5.75 Å². The van der Waals surface area contributed by atoms with E-state index in [4.69, 9.17) is 4.74 Å². The predicted octanol–water partition coefficient (Wildman–Crippen LogP) is 5.25. The lowest BCUT2D eigenvalue weighted by atomic mass is 9.97. The average molecular weight is 348 g/mol. The molecule has 2 aromatic carbocycles. The predicted molar refractivity (Wildman–Crippen MR) is 108 cm³/mol. The largest absolute Gasteiger partial charge is 0.497 e. The summed E-state index contributed by atoms with van der Waals surface area (Å²) in [5.41, 5.74) is 3.87. The van der Waals surface area contributed by atoms with Gasteiger partial charge in [0.2, 0.25) is 0 Å². The smallest absolute Gasteiger partial charge is 0.118 e. The fourth-order valence-corrected chi connectivity index (χ4v) is 4.60. The average Bonchev–Trinajstić information content (AvgIpc) is 3.04. The molecule has 2 aromatic rings. The summed E-state index contributed by atoms with van der Waals surface area (Å²) in [5, 5.41) is 0. The number of hydrogen-bond acceptors (Lipinski definition) is 2. The molecule has 2 bridgehead atoms. The van der Waals surface area contributed by atoms with E-state index in [0.29, 0.717) is 0 Å². The van der Waals surface area contributed by atoms with Gasteiger partial charge >= 0.3 is 0 Å². The first-order valence-electron chi connectivity index (χ1n) is 9.94. The molecular weight excluding hydrogens is 318 g/mol. The zero-order valence-corrected chi connectivity index (χ0v) is 15.7. The summed E-state index contributed by atoms with van der Waals surface area (Å²) in [6.45, 7) is 3.57. The van der Waals surface area contributed by atoms with Crippen LogP contribution in [0.4, 0.5) is 0 Å². The van der Waals surface area contributed by atoms with Crippen LogP contribution in [0.1, 0.15) is 36.8 Å². The molecular formula is C24H29NO. The number of fused-ring (bicyclic) bond motifs is 2. The van der Waals surface area contributed by atoms with Crippen LogP contribution in [0.2, 0.25) is 0 Å². The zero-order chi connectivity index (χ0) is 17.8. The molecule has 1 saturated carbocycles. The van der Waals surface area contributed by atoms with Crippen LogP contribution in [0.5, 0.6) is 5.75 Å². The van der Waals surface area contributed by atoms with E-state index >= 15 is 0 Å². The number of nitrogens with zero attached hydrogens (tertiary/aromatic N) is 1. The molecule has 2 aliphatic rings. The Bertz CT molecular complexity index is 735. The third-order valence-electron chi connectivity index (χ3n) is 6.06. The minimum Gasteiger partial charge on any atom is -0.497 e. The first kappa shape index (κ1) is 17.4. The van der Waals surface area contributed by atoms with Crippen molar-refractivity contribution >= 4 is 5.57 Å². The fraction of sp³-hybridized carbons (Fsp3) is 0.417. The van der Waals surface area contributed by atoms with Crippen LogP contribution in [0, 0.1) is 11.8 Å². The first-order chi connectivity index (χ1) is 12.8. The van der Waals surface area contributed by atoms with E-state index < -0.39 is 0 Å². The Labute approximate surface area is 157 Å². The minimum absolute atomic E-state index is 0.907. The van der Waals surface area contributed by atoms with Gasteiger partial charge in [-0.3, -0.25) is 4.90 Å². The SMILES string of the molecule is COc1ccc(/C(=C/CN2CC[C@@H]3CC[C@@H](C3)C2)c2ccccc2)cc1. The van der Waals surface area contributed by atoms with Crippen molar-refractivity contribution < 1.29 is 4.74 Å². The van der Waals surface area contributed by atoms with E-state index in [1.165, 1.54) is 55.5 Å². The Hall–Kier alpha value is -2.06. The molecule has 4 rings (SSSR count). The molecule has 0 N–H and O–H groups in total. The maximum atomic E-state index is 5.32. The highest BCUT2D eigenvalue weighted by Crippen LogP contribution is 2.36. The van der Waals surface area contributed by atoms with Crippen molar-refractivity contribution in [2.45, 2.75) is 25.7 Å². The Morgan fingerprint density at radius 2 is 1.69 bits per heavy atom. The van der Waals surface area contributed by atoms with E-state index in [1.54, 1.807) is 7.11 Å². The van der Waals surface area contributed by atoms with Gasteiger partial charge in [-0.25, -0.2) is 0 Å². The van der Waals surface area contributed by atoms with Gasteiger partial charge in [-0.1, -0.05) is 55.0 Å². The normalized spacial score (nSPS) is 23.7. The maximum absolute atomic E-state index is 5.32. The summed E-state index contributed by atoms with van der Waals surface area (Å²) in [4.78, 5) is 2.66. The second kappa shape index (κ2) is 8.09. The number of ether oxygens (including phenoxy) is 1. The highest BCUT2D eigenvalue weighted by molar-refractivity contribution is 5.80. The summed E-state index contributed by atoms with van der Waals surface area (Å²) in [7, 11) is 1.72. The van der Waals surface area contributed by atoms with Crippen LogP contribution in [-0.2, 0) is 0 Å². The van der Waals surface area contributed by atoms with Crippen molar-refractivity contribution in [2.75, 3.05) is 26.7 Å². The molecule has 0 spiro atoms. The molecule has 2 nitrogen and oxygen atoms in total. The second-order valence-electron chi connectivity index (χ2n) is 7.81. The molecule has 0 unspecified atom stereocenters. The summed E-state index contributed by atoms with van der Waals surface area (Å²) in [6.07, 6.45) is 8.18. The minimum atomic E-state index is 0.907. The van der Waals surface area contributed by atoms with Crippen molar-refractivity contribution in [2.24, 2.45) is 11.8 Å². The molecule has 1 saturated heterocycles. The highest BCUT2D eigenvalue weighted by atomic mass is 16.5. The van der Waals surface area contributed by atoms with Crippen LogP contribution < -0.4 is 4.74 Å². The molecule has 1 aliphatic carbocycles. The van der Waals surface area contributed by atoms with E-state index in [2.05, 4.69) is 65.6 Å². The summed E-state index contributed by atoms with van der Waals surface area (Å²) < 4.78 is 5.32. The van der Waals surface area contributed by atoms with E-state index in [0.717, 1.165) is 24.1 Å². The second-order valence-corrected chi connectivity index (χ2v) is 7.81. The Kier molecular flexibility index (Phi) is 5.40. The first-order valence-corrected chi connectivity index (χ1v) is 9.94. The van der Waals surface area contributed by atoms with Crippen molar-refractivity contribution in [3.63, 3.8) is 0 Å². The molecule has 136 valence electrons. The molecule has 0 aromatic heterocycles. The van der Waals surface area contributed by atoms with E-state index in [1.807, 2.05) is 0 Å². The summed E-state index contributed by atoms with van der Waals surface area (Å²) in [5.74, 6) is 2.82. The number of methoxy groups -OCH3 is 1. The number of hydrogen-bond donors (Lipinski definition) is 0. The lowest BCUT2D eigenvalue weighted by Crippen LogP contribution is -2.29. The van der Waals surface area contributed by atoms with Gasteiger partial charge < -0.3 is 4.74 Å². The molecule has 1 heterocycles. The summed E-state index contributed by atoms with van der Waals surface area (Å²) >= 11 is 0. The van der Waals surface area contributed by atoms with Crippen molar-refractivity contribution in [1.82, 2.24) is 4.90 Å². The third kappa shape index (κ3) is 4.02. The highest BCUT2D eigenvalue weighted by Gasteiger charge is 2.29. The quantitative estimate of drug-likeness (QED) is 0.732. The van der Waals surface area contributed by atoms with Gasteiger partial charge in [0.05, 0.1) is 7.11 Å². The van der Waals surface area contributed by atoms with Crippen LogP contribution in [0.25, 0.3) is 5.57 Å². The molecule has 1 aliphatic heterocycles. The third-order valence-corrected chi connectivity index (χ3v) is 6.06. The standard InChI is InChI=1S/C24H29NO/c1-26-23-11-9-22(10-12-23)24(21-5-3-2-4-6-21)14-16-25-15-13-19-7-8-20(17-19)18-25/h2-6,9-12,14,19-20H,7-8,13,15-18H2,1H3/b24-14+/t19-,20-/m0/s1. The maximum Gasteiger partial charge on any atom is 0.118 e. The van der Waals surface area contributed by atoms with Crippen molar-refractivity contribution in [1.29, 1.82) is 0 Å². The number of benzene rings is 2. The molecule has 0 amide bonds. The van der Waals surface area contributed by atoms with Crippen LogP contribution in [-0.4, -0.2) is 31.6 Å². The van der Waals surface area contributed by atoms with Gasteiger partial charge in [-0.2, -0.15) is 0 Å². The Morgan fingerprint density at radius 1 is 0.962 bits per heavy atom. The fourth-order valence-electron chi connectivity index (χ4n) is 4.60. The van der Waals surface area contributed by atoms with Gasteiger partial charge in [-0.15, -0.1) is 0 Å². The molecule has 2 atom stereocenters. The van der Waals surface area contributed by atoms with Gasteiger partial charge in [0, 0.05) is 13.1 Å². The van der Waals surface area contributed by atoms with Crippen LogP contribution in [0.15, 0.2) is 60.7 Å². The van der Waals surface area contributed by atoms with E-state index in [-0.39, 0.29) is 0 Å². The van der Waals surface area contributed by atoms with Crippen LogP contribution in [0.3, 0.4) is 0 Å². The van der Waals surface area contributed by atoms with Gasteiger partial charge in [0.15, 0.2) is 0 Å². The van der Waals surface area contributed by atoms with Gasteiger partial charge in [0.1, 0.15) is 5.75 Å². The molecule has 2 heteroatoms. The van der Waals surface area contributed by atoms with Gasteiger partial charge in [-0.05, 0) is 66.5 Å². The van der Waals surface area contributed by atoms with E-state index in [9.17, 15) is 0 Å². The van der Waals surface area contributed by atoms with Crippen molar-refractivity contribution in [3.05, 3.63) is 71.8 Å². The number of rotatable bonds is 5. The Morgan fingerprint density at radius 3 is 2.46 bits per heavy atom. The number of likely N-dealkylation sites (tertiary alicyclic amines) is 1. The lowest BCUT2D eigenvalue weighted by Gasteiger charge is -2.23. The topological polar surface area (TPSA) is 12.5 Å². The Balaban J connectivity index is 1.56. The monoisotopic (exact) mass is 347 g/mol.